The molecule has 1 aliphatic heterocycles. The molecule has 190 valence electrons. The Labute approximate surface area is 208 Å². The summed E-state index contributed by atoms with van der Waals surface area (Å²) < 4.78 is 10.0. The molecule has 0 aromatic heterocycles. The van der Waals surface area contributed by atoms with Gasteiger partial charge >= 0.3 is 6.09 Å². The third kappa shape index (κ3) is 7.04. The lowest BCUT2D eigenvalue weighted by Crippen LogP contribution is -2.48. The van der Waals surface area contributed by atoms with Crippen LogP contribution in [0.4, 0.5) is 10.5 Å². The maximum Gasteiger partial charge on any atom is 0.411 e. The molecule has 1 aliphatic rings. The van der Waals surface area contributed by atoms with Crippen molar-refractivity contribution < 1.29 is 19.1 Å². The number of nitrogens with zero attached hydrogens (tertiary/aromatic N) is 3. The van der Waals surface area contributed by atoms with E-state index in [2.05, 4.69) is 33.3 Å². The lowest BCUT2D eigenvalue weighted by molar-refractivity contribution is 0.0772. The molecule has 1 saturated heterocycles. The van der Waals surface area contributed by atoms with Gasteiger partial charge in [0.15, 0.2) is 0 Å². The number of benzene rings is 2. The number of methoxy groups -OCH3 is 2. The summed E-state index contributed by atoms with van der Waals surface area (Å²) in [6, 6.07) is 15.8. The number of carbonyl (C=O) groups is 2. The van der Waals surface area contributed by atoms with Crippen LogP contribution in [0.15, 0.2) is 48.5 Å². The monoisotopic (exact) mass is 482 g/mol. The summed E-state index contributed by atoms with van der Waals surface area (Å²) in [6.45, 7) is 10.7. The Morgan fingerprint density at radius 3 is 2.26 bits per heavy atom. The van der Waals surface area contributed by atoms with Gasteiger partial charge in [-0.2, -0.15) is 0 Å². The summed E-state index contributed by atoms with van der Waals surface area (Å²) in [6.07, 6.45) is -0.496. The molecule has 35 heavy (non-hydrogen) atoms. The Hall–Kier alpha value is -2.94. The highest BCUT2D eigenvalue weighted by molar-refractivity contribution is 5.94. The van der Waals surface area contributed by atoms with Crippen molar-refractivity contribution in [2.24, 2.45) is 0 Å². The smallest absolute Gasteiger partial charge is 0.411 e. The van der Waals surface area contributed by atoms with E-state index in [0.717, 1.165) is 50.5 Å². The number of rotatable bonds is 10. The van der Waals surface area contributed by atoms with Crippen molar-refractivity contribution in [1.82, 2.24) is 14.7 Å². The van der Waals surface area contributed by atoms with Crippen molar-refractivity contribution in [3.63, 3.8) is 0 Å². The number of anilines is 1. The predicted molar refractivity (Wildman–Crippen MR) is 138 cm³/mol. The van der Waals surface area contributed by atoms with Gasteiger partial charge in [0.25, 0.3) is 5.91 Å². The van der Waals surface area contributed by atoms with Crippen LogP contribution in [0.3, 0.4) is 0 Å². The fourth-order valence-corrected chi connectivity index (χ4v) is 4.54. The quantitative estimate of drug-likeness (QED) is 0.557. The van der Waals surface area contributed by atoms with Gasteiger partial charge in [-0.05, 0) is 49.2 Å². The van der Waals surface area contributed by atoms with Crippen LogP contribution in [0.2, 0.25) is 0 Å². The van der Waals surface area contributed by atoms with Gasteiger partial charge in [0, 0.05) is 64.2 Å². The Balaban J connectivity index is 1.88. The second-order valence-electron chi connectivity index (χ2n) is 8.61. The van der Waals surface area contributed by atoms with Crippen LogP contribution >= 0.6 is 0 Å². The third-order valence-corrected chi connectivity index (χ3v) is 6.54. The zero-order valence-corrected chi connectivity index (χ0v) is 21.3. The molecule has 8 heteroatoms. The number of ether oxygens (including phenoxy) is 2. The first-order valence-corrected chi connectivity index (χ1v) is 12.3. The van der Waals surface area contributed by atoms with E-state index in [9.17, 15) is 9.59 Å². The maximum absolute atomic E-state index is 12.8. The molecule has 3 rings (SSSR count). The molecule has 1 heterocycles. The molecule has 0 spiro atoms. The van der Waals surface area contributed by atoms with Crippen molar-refractivity contribution in [3.05, 3.63) is 65.2 Å². The molecule has 2 aromatic rings. The van der Waals surface area contributed by atoms with Crippen LogP contribution in [0.5, 0.6) is 0 Å². The maximum atomic E-state index is 12.8. The fraction of sp³-hybridized carbons (Fsp3) is 0.481. The van der Waals surface area contributed by atoms with E-state index in [-0.39, 0.29) is 11.9 Å². The molecular formula is C27H38N4O4. The molecule has 0 bridgehead atoms. The SMILES string of the molecule is CCN(CC)C(=O)c1ccc([C@@H](c2cccc(NC(=O)OC)c2)N2CCN(CCOC)CC2)cc1. The van der Waals surface area contributed by atoms with Crippen molar-refractivity contribution in [2.75, 3.05) is 72.0 Å². The van der Waals surface area contributed by atoms with Gasteiger partial charge in [-0.15, -0.1) is 0 Å². The summed E-state index contributed by atoms with van der Waals surface area (Å²) >= 11 is 0. The summed E-state index contributed by atoms with van der Waals surface area (Å²) in [5.74, 6) is 0.0501. The Morgan fingerprint density at radius 2 is 1.66 bits per heavy atom. The van der Waals surface area contributed by atoms with Crippen molar-refractivity contribution in [1.29, 1.82) is 0 Å². The van der Waals surface area contributed by atoms with E-state index in [4.69, 9.17) is 9.47 Å². The molecule has 0 unspecified atom stereocenters. The van der Waals surface area contributed by atoms with Gasteiger partial charge in [-0.3, -0.25) is 19.9 Å². The van der Waals surface area contributed by atoms with E-state index in [1.807, 2.05) is 49.1 Å². The first-order valence-electron chi connectivity index (χ1n) is 12.3. The number of piperazine rings is 1. The summed E-state index contributed by atoms with van der Waals surface area (Å²) in [5.41, 5.74) is 3.57. The molecule has 0 aliphatic carbocycles. The van der Waals surface area contributed by atoms with Crippen LogP contribution in [0.25, 0.3) is 0 Å². The first kappa shape index (κ1) is 26.7. The van der Waals surface area contributed by atoms with Gasteiger partial charge in [0.2, 0.25) is 0 Å². The summed E-state index contributed by atoms with van der Waals surface area (Å²) in [5, 5.41) is 2.77. The highest BCUT2D eigenvalue weighted by Gasteiger charge is 2.27. The minimum atomic E-state index is -0.496. The van der Waals surface area contributed by atoms with Crippen LogP contribution < -0.4 is 5.32 Å². The zero-order valence-electron chi connectivity index (χ0n) is 21.3. The summed E-state index contributed by atoms with van der Waals surface area (Å²) in [7, 11) is 3.09. The van der Waals surface area contributed by atoms with Gasteiger partial charge in [-0.25, -0.2) is 4.79 Å². The van der Waals surface area contributed by atoms with Gasteiger partial charge in [0.05, 0.1) is 19.8 Å². The topological polar surface area (TPSA) is 74.4 Å². The highest BCUT2D eigenvalue weighted by Crippen LogP contribution is 2.31. The molecule has 2 amide bonds. The normalized spacial score (nSPS) is 15.4. The molecule has 1 fully saturated rings. The van der Waals surface area contributed by atoms with E-state index in [1.165, 1.54) is 7.11 Å². The van der Waals surface area contributed by atoms with Crippen LogP contribution in [-0.2, 0) is 9.47 Å². The standard InChI is InChI=1S/C27H38N4O4/c1-5-30(6-2)26(32)22-12-10-21(11-13-22)25(31-16-14-29(15-17-31)18-19-34-3)23-8-7-9-24(20-23)28-27(33)35-4/h7-13,20,25H,5-6,14-19H2,1-4H3,(H,28,33)/t25-/m0/s1. The Bertz CT molecular complexity index is 954. The van der Waals surface area contributed by atoms with Crippen molar-refractivity contribution in [2.45, 2.75) is 19.9 Å². The van der Waals surface area contributed by atoms with E-state index in [0.29, 0.717) is 24.3 Å². The average Bonchev–Trinajstić information content (AvgIpc) is 2.89. The minimum absolute atomic E-state index is 0.00317. The Morgan fingerprint density at radius 1 is 0.971 bits per heavy atom. The van der Waals surface area contributed by atoms with Crippen molar-refractivity contribution in [3.8, 4) is 0 Å². The summed E-state index contributed by atoms with van der Waals surface area (Å²) in [4.78, 5) is 31.3. The number of amides is 2. The number of hydrogen-bond donors (Lipinski definition) is 1. The average molecular weight is 483 g/mol. The molecular weight excluding hydrogens is 444 g/mol. The molecule has 0 radical (unpaired) electrons. The number of nitrogens with one attached hydrogen (secondary N) is 1. The van der Waals surface area contributed by atoms with Crippen LogP contribution in [0, 0.1) is 0 Å². The molecule has 8 nitrogen and oxygen atoms in total. The molecule has 0 saturated carbocycles. The van der Waals surface area contributed by atoms with E-state index >= 15 is 0 Å². The highest BCUT2D eigenvalue weighted by atomic mass is 16.5. The minimum Gasteiger partial charge on any atom is -0.453 e. The molecule has 2 aromatic carbocycles. The molecule has 1 N–H and O–H groups in total. The van der Waals surface area contributed by atoms with Gasteiger partial charge in [-0.1, -0.05) is 24.3 Å². The van der Waals surface area contributed by atoms with E-state index in [1.54, 1.807) is 7.11 Å². The second-order valence-corrected chi connectivity index (χ2v) is 8.61. The van der Waals surface area contributed by atoms with Crippen LogP contribution in [-0.4, -0.2) is 93.3 Å². The van der Waals surface area contributed by atoms with Crippen LogP contribution in [0.1, 0.15) is 41.4 Å². The molecule has 1 atom stereocenters. The second kappa shape index (κ2) is 13.2. The number of carbonyl (C=O) groups excluding carboxylic acids is 2. The zero-order chi connectivity index (χ0) is 25.2. The lowest BCUT2D eigenvalue weighted by atomic mass is 9.95. The Kier molecular flexibility index (Phi) is 10.1. The van der Waals surface area contributed by atoms with Crippen molar-refractivity contribution >= 4 is 17.7 Å². The third-order valence-electron chi connectivity index (χ3n) is 6.54. The van der Waals surface area contributed by atoms with E-state index < -0.39 is 6.09 Å². The lowest BCUT2D eigenvalue weighted by Gasteiger charge is -2.40. The number of hydrogen-bond acceptors (Lipinski definition) is 6. The largest absolute Gasteiger partial charge is 0.453 e. The fourth-order valence-electron chi connectivity index (χ4n) is 4.54. The van der Waals surface area contributed by atoms with Gasteiger partial charge in [0.1, 0.15) is 0 Å². The first-order chi connectivity index (χ1) is 17.0. The van der Waals surface area contributed by atoms with Gasteiger partial charge < -0.3 is 14.4 Å². The predicted octanol–water partition coefficient (Wildman–Crippen LogP) is 3.70.